The van der Waals surface area contributed by atoms with Gasteiger partial charge in [0.1, 0.15) is 0 Å². The van der Waals surface area contributed by atoms with Crippen molar-refractivity contribution >= 4 is 57.9 Å². The number of nitrogens with one attached hydrogen (secondary N) is 3. The maximum absolute atomic E-state index is 13.2. The van der Waals surface area contributed by atoms with E-state index in [4.69, 9.17) is 17.3 Å². The van der Waals surface area contributed by atoms with E-state index < -0.39 is 23.9 Å². The summed E-state index contributed by atoms with van der Waals surface area (Å²) in [5.41, 5.74) is 7.30. The number of likely N-dealkylation sites (N-methyl/N-ethyl adjacent to an activating group) is 1. The first-order valence-electron chi connectivity index (χ1n) is 12.4. The summed E-state index contributed by atoms with van der Waals surface area (Å²) in [6.07, 6.45) is 2.03. The second-order valence-electron chi connectivity index (χ2n) is 9.96. The van der Waals surface area contributed by atoms with Crippen LogP contribution < -0.4 is 21.7 Å². The molecule has 2 aromatic rings. The van der Waals surface area contributed by atoms with Crippen molar-refractivity contribution < 1.29 is 19.2 Å². The number of halogens is 1. The van der Waals surface area contributed by atoms with Crippen molar-refractivity contribution in [2.24, 2.45) is 5.92 Å². The van der Waals surface area contributed by atoms with Gasteiger partial charge in [-0.05, 0) is 44.5 Å². The van der Waals surface area contributed by atoms with Gasteiger partial charge in [-0.2, -0.15) is 0 Å². The molecular formula is C25H32ClN7O4S. The minimum absolute atomic E-state index is 0.0438. The number of nitrogens with zero attached hydrogens (tertiary/aromatic N) is 3. The van der Waals surface area contributed by atoms with Crippen molar-refractivity contribution in [3.63, 3.8) is 0 Å². The molecule has 11 nitrogen and oxygen atoms in total. The fourth-order valence-corrected chi connectivity index (χ4v) is 6.07. The average molecular weight is 562 g/mol. The monoisotopic (exact) mass is 561 g/mol. The van der Waals surface area contributed by atoms with Crippen LogP contribution in [-0.2, 0) is 27.3 Å². The molecule has 1 aromatic heterocycles. The molecule has 0 spiro atoms. The Morgan fingerprint density at radius 2 is 1.89 bits per heavy atom. The Bertz CT molecular complexity index is 1250. The van der Waals surface area contributed by atoms with Crippen LogP contribution in [-0.4, -0.2) is 78.2 Å². The quantitative estimate of drug-likeness (QED) is 0.319. The molecule has 1 saturated carbocycles. The molecule has 5 N–H and O–H groups in total. The normalized spacial score (nSPS) is 21.2. The highest BCUT2D eigenvalue weighted by Gasteiger charge is 2.37. The van der Waals surface area contributed by atoms with Crippen LogP contribution in [0.1, 0.15) is 39.6 Å². The van der Waals surface area contributed by atoms with Gasteiger partial charge in [-0.25, -0.2) is 4.98 Å². The van der Waals surface area contributed by atoms with Crippen LogP contribution in [0.5, 0.6) is 0 Å². The van der Waals surface area contributed by atoms with Crippen molar-refractivity contribution in [3.8, 4) is 0 Å². The molecule has 0 radical (unpaired) electrons. The third kappa shape index (κ3) is 6.43. The maximum atomic E-state index is 13.2. The van der Waals surface area contributed by atoms with Crippen molar-refractivity contribution in [2.75, 3.05) is 38.7 Å². The fraction of sp³-hybridized carbons (Fsp3) is 0.480. The number of aromatic nitrogens is 1. The van der Waals surface area contributed by atoms with Crippen molar-refractivity contribution in [1.29, 1.82) is 0 Å². The molecule has 38 heavy (non-hydrogen) atoms. The summed E-state index contributed by atoms with van der Waals surface area (Å²) in [5, 5.41) is 8.97. The Hall–Kier alpha value is -3.22. The van der Waals surface area contributed by atoms with Crippen LogP contribution in [0.2, 0.25) is 5.02 Å². The number of hydrogen-bond acceptors (Lipinski definition) is 8. The number of carbonyl (C=O) groups excluding carboxylic acids is 4. The molecule has 0 bridgehead atoms. The molecule has 1 fully saturated rings. The molecule has 1 aromatic carbocycles. The van der Waals surface area contributed by atoms with Gasteiger partial charge < -0.3 is 31.5 Å². The summed E-state index contributed by atoms with van der Waals surface area (Å²) < 4.78 is 0. The smallest absolute Gasteiger partial charge is 0.313 e. The summed E-state index contributed by atoms with van der Waals surface area (Å²) >= 11 is 7.26. The van der Waals surface area contributed by atoms with E-state index in [2.05, 4.69) is 25.8 Å². The minimum Gasteiger partial charge on any atom is -0.397 e. The lowest BCUT2D eigenvalue weighted by molar-refractivity contribution is -0.137. The minimum atomic E-state index is -0.896. The summed E-state index contributed by atoms with van der Waals surface area (Å²) in [7, 11) is 5.40. The highest BCUT2D eigenvalue weighted by molar-refractivity contribution is 7.13. The van der Waals surface area contributed by atoms with Gasteiger partial charge in [-0.3, -0.25) is 19.2 Å². The number of carbonyl (C=O) groups is 4. The van der Waals surface area contributed by atoms with Gasteiger partial charge >= 0.3 is 11.8 Å². The Kier molecular flexibility index (Phi) is 8.54. The molecule has 0 saturated heterocycles. The van der Waals surface area contributed by atoms with Crippen molar-refractivity contribution in [1.82, 2.24) is 25.4 Å². The molecule has 4 rings (SSSR count). The van der Waals surface area contributed by atoms with Gasteiger partial charge in [0.2, 0.25) is 5.91 Å². The van der Waals surface area contributed by atoms with Gasteiger partial charge in [0.05, 0.1) is 23.1 Å². The zero-order valence-electron chi connectivity index (χ0n) is 21.5. The Morgan fingerprint density at radius 1 is 1.13 bits per heavy atom. The third-order valence-corrected chi connectivity index (χ3v) is 8.17. The number of nitrogen functional groups attached to an aromatic ring is 1. The van der Waals surface area contributed by atoms with Gasteiger partial charge in [0.15, 0.2) is 5.01 Å². The molecule has 1 aliphatic heterocycles. The molecule has 3 atom stereocenters. The molecule has 13 heteroatoms. The SMILES string of the molecule is CN1CCc2nc(C(=O)NC3CC(C(=O)N(C)C)CCC3NC(=O)C(=O)Nc3ccc(Cl)cc3N)sc2C1. The Morgan fingerprint density at radius 3 is 2.61 bits per heavy atom. The van der Waals surface area contributed by atoms with Crippen LogP contribution in [0.4, 0.5) is 11.4 Å². The second kappa shape index (κ2) is 11.7. The van der Waals surface area contributed by atoms with E-state index in [0.717, 1.165) is 30.1 Å². The number of hydrogen-bond donors (Lipinski definition) is 4. The van der Waals surface area contributed by atoms with E-state index in [-0.39, 0.29) is 29.1 Å². The van der Waals surface area contributed by atoms with Crippen LogP contribution in [0.3, 0.4) is 0 Å². The number of thiazole rings is 1. The predicted octanol–water partition coefficient (Wildman–Crippen LogP) is 1.48. The number of fused-ring (bicyclic) bond motifs is 1. The van der Waals surface area contributed by atoms with E-state index >= 15 is 0 Å². The Balaban J connectivity index is 1.46. The largest absolute Gasteiger partial charge is 0.397 e. The van der Waals surface area contributed by atoms with E-state index in [1.54, 1.807) is 20.2 Å². The number of rotatable bonds is 5. The lowest BCUT2D eigenvalue weighted by Gasteiger charge is -2.37. The highest BCUT2D eigenvalue weighted by Crippen LogP contribution is 2.29. The first-order valence-corrected chi connectivity index (χ1v) is 13.6. The third-order valence-electron chi connectivity index (χ3n) is 6.86. The summed E-state index contributed by atoms with van der Waals surface area (Å²) in [4.78, 5) is 60.6. The summed E-state index contributed by atoms with van der Waals surface area (Å²) in [6, 6.07) is 3.42. The van der Waals surface area contributed by atoms with Gasteiger partial charge in [0.25, 0.3) is 5.91 Å². The molecular weight excluding hydrogens is 530 g/mol. The predicted molar refractivity (Wildman–Crippen MR) is 146 cm³/mol. The first kappa shape index (κ1) is 27.8. The lowest BCUT2D eigenvalue weighted by atomic mass is 9.81. The van der Waals surface area contributed by atoms with Crippen LogP contribution in [0, 0.1) is 5.92 Å². The topological polar surface area (TPSA) is 150 Å². The highest BCUT2D eigenvalue weighted by atomic mass is 35.5. The van der Waals surface area contributed by atoms with Crippen LogP contribution >= 0.6 is 22.9 Å². The van der Waals surface area contributed by atoms with Crippen LogP contribution in [0.25, 0.3) is 0 Å². The number of benzene rings is 1. The van der Waals surface area contributed by atoms with E-state index in [1.165, 1.54) is 28.4 Å². The fourth-order valence-electron chi connectivity index (χ4n) is 4.80. The van der Waals surface area contributed by atoms with E-state index in [9.17, 15) is 19.2 Å². The number of nitrogens with two attached hydrogens (primary N) is 1. The zero-order valence-corrected chi connectivity index (χ0v) is 23.1. The molecule has 1 aliphatic carbocycles. The molecule has 3 unspecified atom stereocenters. The van der Waals surface area contributed by atoms with Gasteiger partial charge in [-0.15, -0.1) is 11.3 Å². The number of amides is 4. The average Bonchev–Trinajstić information content (AvgIpc) is 3.29. The first-order chi connectivity index (χ1) is 18.0. The maximum Gasteiger partial charge on any atom is 0.313 e. The van der Waals surface area contributed by atoms with E-state index in [0.29, 0.717) is 29.3 Å². The molecule has 2 heterocycles. The standard InChI is InChI=1S/C25H32ClN7O4S/c1-32(2)25(37)13-4-6-17(29-22(35)21(34)28-16-7-5-14(26)11-15(16)27)19(10-13)30-23(36)24-31-18-8-9-33(3)12-20(18)38-24/h5,7,11,13,17,19H,4,6,8-10,12,27H2,1-3H3,(H,28,34)(H,29,35)(H,30,36). The van der Waals surface area contributed by atoms with Crippen LogP contribution in [0.15, 0.2) is 18.2 Å². The van der Waals surface area contributed by atoms with Gasteiger partial charge in [0, 0.05) is 55.5 Å². The Labute approximate surface area is 230 Å². The lowest BCUT2D eigenvalue weighted by Crippen LogP contribution is -2.57. The summed E-state index contributed by atoms with van der Waals surface area (Å²) in [5.74, 6) is -2.48. The second-order valence-corrected chi connectivity index (χ2v) is 11.5. The number of anilines is 2. The zero-order chi connectivity index (χ0) is 27.6. The molecule has 2 aliphatic rings. The van der Waals surface area contributed by atoms with Gasteiger partial charge in [-0.1, -0.05) is 11.6 Å². The molecule has 204 valence electrons. The summed E-state index contributed by atoms with van der Waals surface area (Å²) in [6.45, 7) is 1.63. The molecule has 4 amide bonds. The van der Waals surface area contributed by atoms with Crippen molar-refractivity contribution in [3.05, 3.63) is 38.8 Å². The van der Waals surface area contributed by atoms with E-state index in [1.807, 2.05) is 7.05 Å². The van der Waals surface area contributed by atoms with Crippen molar-refractivity contribution in [2.45, 2.75) is 44.3 Å².